The molecule has 0 spiro atoms. The van der Waals surface area contributed by atoms with Gasteiger partial charge in [0.1, 0.15) is 5.82 Å². The second kappa shape index (κ2) is 9.20. The Kier molecular flexibility index (Phi) is 6.68. The van der Waals surface area contributed by atoms with E-state index in [1.807, 2.05) is 38.1 Å². The van der Waals surface area contributed by atoms with Gasteiger partial charge in [-0.05, 0) is 35.2 Å². The number of rotatable bonds is 7. The van der Waals surface area contributed by atoms with Gasteiger partial charge >= 0.3 is 0 Å². The largest absolute Gasteiger partial charge is 0.390 e. The van der Waals surface area contributed by atoms with Gasteiger partial charge in [-0.25, -0.2) is 4.39 Å². The third kappa shape index (κ3) is 5.32. The van der Waals surface area contributed by atoms with Crippen LogP contribution in [-0.2, 0) is 16.2 Å². The Hall–Kier alpha value is -2.40. The van der Waals surface area contributed by atoms with Gasteiger partial charge in [0.2, 0.25) is 5.91 Å². The summed E-state index contributed by atoms with van der Waals surface area (Å²) < 4.78 is 13.1. The maximum atomic E-state index is 13.1. The molecule has 148 valence electrons. The lowest BCUT2D eigenvalue weighted by Gasteiger charge is -2.26. The fourth-order valence-corrected chi connectivity index (χ4v) is 3.35. The van der Waals surface area contributed by atoms with Crippen molar-refractivity contribution < 1.29 is 14.0 Å². The average molecular weight is 403 g/mol. The van der Waals surface area contributed by atoms with Gasteiger partial charge in [0.15, 0.2) is 6.10 Å². The molecule has 0 aromatic heterocycles. The molecule has 0 saturated carbocycles. The minimum atomic E-state index is -0.287. The number of hydrogen-bond acceptors (Lipinski definition) is 3. The van der Waals surface area contributed by atoms with Crippen LogP contribution >= 0.6 is 11.6 Å². The highest BCUT2D eigenvalue weighted by atomic mass is 35.5. The number of halogens is 2. The summed E-state index contributed by atoms with van der Waals surface area (Å²) in [5.41, 5.74) is 2.49. The van der Waals surface area contributed by atoms with Gasteiger partial charge < -0.3 is 9.74 Å². The highest BCUT2D eigenvalue weighted by Crippen LogP contribution is 2.22. The lowest BCUT2D eigenvalue weighted by Crippen LogP contribution is -2.37. The fourth-order valence-electron chi connectivity index (χ4n) is 3.15. The van der Waals surface area contributed by atoms with Crippen LogP contribution in [0.4, 0.5) is 4.39 Å². The molecule has 0 bridgehead atoms. The first-order valence-corrected chi connectivity index (χ1v) is 9.80. The van der Waals surface area contributed by atoms with E-state index in [0.717, 1.165) is 16.8 Å². The molecule has 1 aliphatic rings. The standard InChI is InChI=1S/C22H24ClFN2O2/c1-15(2)11-22(27)26(13-17-5-3-4-6-20(17)23)14-19-12-21(25-28-19)16-7-9-18(24)10-8-16/h3-10,15,19H,11-14H2,1-2H3/t19-/m0/s1. The number of nitrogens with zero attached hydrogens (tertiary/aromatic N) is 2. The SMILES string of the molecule is CC(C)CC(=O)N(Cc1ccccc1Cl)C[C@@H]1CC(c2ccc(F)cc2)=NO1. The van der Waals surface area contributed by atoms with Crippen molar-refractivity contribution in [1.29, 1.82) is 0 Å². The molecule has 0 fully saturated rings. The van der Waals surface area contributed by atoms with Gasteiger partial charge in [0.05, 0.1) is 12.3 Å². The molecule has 1 heterocycles. The van der Waals surface area contributed by atoms with E-state index in [4.69, 9.17) is 16.4 Å². The normalized spacial score (nSPS) is 16.0. The molecule has 1 aliphatic heterocycles. The molecule has 2 aromatic carbocycles. The molecule has 2 aromatic rings. The zero-order valence-electron chi connectivity index (χ0n) is 16.1. The van der Waals surface area contributed by atoms with Crippen LogP contribution in [0.3, 0.4) is 0 Å². The number of carbonyl (C=O) groups is 1. The molecule has 28 heavy (non-hydrogen) atoms. The van der Waals surface area contributed by atoms with E-state index in [2.05, 4.69) is 5.16 Å². The minimum Gasteiger partial charge on any atom is -0.390 e. The molecule has 0 N–H and O–H groups in total. The molecule has 4 nitrogen and oxygen atoms in total. The number of benzene rings is 2. The van der Waals surface area contributed by atoms with Gasteiger partial charge in [-0.1, -0.05) is 60.9 Å². The van der Waals surface area contributed by atoms with Crippen molar-refractivity contribution in [3.8, 4) is 0 Å². The predicted octanol–water partition coefficient (Wildman–Crippen LogP) is 5.05. The second-order valence-electron chi connectivity index (χ2n) is 7.44. The van der Waals surface area contributed by atoms with Gasteiger partial charge in [-0.2, -0.15) is 0 Å². The molecule has 0 saturated heterocycles. The minimum absolute atomic E-state index is 0.0637. The van der Waals surface area contributed by atoms with E-state index in [0.29, 0.717) is 31.0 Å². The van der Waals surface area contributed by atoms with E-state index in [1.54, 1.807) is 17.0 Å². The summed E-state index contributed by atoms with van der Waals surface area (Å²) in [5.74, 6) is 0.0375. The van der Waals surface area contributed by atoms with Gasteiger partial charge in [0, 0.05) is 24.4 Å². The van der Waals surface area contributed by atoms with E-state index in [9.17, 15) is 9.18 Å². The van der Waals surface area contributed by atoms with Crippen molar-refractivity contribution in [2.75, 3.05) is 6.54 Å². The van der Waals surface area contributed by atoms with Crippen molar-refractivity contribution in [2.45, 2.75) is 39.3 Å². The van der Waals surface area contributed by atoms with Crippen molar-refractivity contribution in [3.05, 3.63) is 70.5 Å². The molecule has 0 aliphatic carbocycles. The Balaban J connectivity index is 1.68. The highest BCUT2D eigenvalue weighted by Gasteiger charge is 2.27. The lowest BCUT2D eigenvalue weighted by molar-refractivity contribution is -0.134. The van der Waals surface area contributed by atoms with Crippen LogP contribution in [0.1, 0.15) is 37.8 Å². The van der Waals surface area contributed by atoms with Gasteiger partial charge in [-0.15, -0.1) is 0 Å². The maximum absolute atomic E-state index is 13.1. The zero-order valence-corrected chi connectivity index (χ0v) is 16.8. The molecule has 0 unspecified atom stereocenters. The third-order valence-electron chi connectivity index (χ3n) is 4.59. The summed E-state index contributed by atoms with van der Waals surface area (Å²) in [7, 11) is 0. The van der Waals surface area contributed by atoms with E-state index < -0.39 is 0 Å². The van der Waals surface area contributed by atoms with Crippen molar-refractivity contribution in [3.63, 3.8) is 0 Å². The summed E-state index contributed by atoms with van der Waals surface area (Å²) in [6, 6.07) is 13.7. The zero-order chi connectivity index (χ0) is 20.1. The number of amides is 1. The van der Waals surface area contributed by atoms with Gasteiger partial charge in [-0.3, -0.25) is 4.79 Å². The van der Waals surface area contributed by atoms with E-state index >= 15 is 0 Å². The maximum Gasteiger partial charge on any atom is 0.223 e. The molecular weight excluding hydrogens is 379 g/mol. The summed E-state index contributed by atoms with van der Waals surface area (Å²) >= 11 is 6.29. The fraction of sp³-hybridized carbons (Fsp3) is 0.364. The van der Waals surface area contributed by atoms with Crippen LogP contribution in [0.15, 0.2) is 53.7 Å². The average Bonchev–Trinajstić information content (AvgIpc) is 3.11. The van der Waals surface area contributed by atoms with Crippen molar-refractivity contribution in [2.24, 2.45) is 11.1 Å². The van der Waals surface area contributed by atoms with Crippen LogP contribution in [0, 0.1) is 11.7 Å². The molecule has 3 rings (SSSR count). The summed E-state index contributed by atoms with van der Waals surface area (Å²) in [5, 5.41) is 4.78. The number of hydrogen-bond donors (Lipinski definition) is 0. The Morgan fingerprint density at radius 2 is 1.96 bits per heavy atom. The van der Waals surface area contributed by atoms with E-state index in [1.165, 1.54) is 12.1 Å². The second-order valence-corrected chi connectivity index (χ2v) is 7.85. The van der Waals surface area contributed by atoms with Crippen LogP contribution in [-0.4, -0.2) is 29.2 Å². The topological polar surface area (TPSA) is 41.9 Å². The quantitative estimate of drug-likeness (QED) is 0.650. The number of carbonyl (C=O) groups excluding carboxylic acids is 1. The van der Waals surface area contributed by atoms with Crippen LogP contribution in [0.25, 0.3) is 0 Å². The van der Waals surface area contributed by atoms with E-state index in [-0.39, 0.29) is 23.7 Å². The monoisotopic (exact) mass is 402 g/mol. The Morgan fingerprint density at radius 3 is 2.64 bits per heavy atom. The van der Waals surface area contributed by atoms with Crippen molar-refractivity contribution >= 4 is 23.2 Å². The molecular formula is C22H24ClFN2O2. The first kappa shape index (κ1) is 20.3. The molecule has 1 atom stereocenters. The lowest BCUT2D eigenvalue weighted by atomic mass is 10.0. The van der Waals surface area contributed by atoms with Crippen LogP contribution in [0.5, 0.6) is 0 Å². The smallest absolute Gasteiger partial charge is 0.223 e. The van der Waals surface area contributed by atoms with Crippen LogP contribution in [0.2, 0.25) is 5.02 Å². The number of oxime groups is 1. The molecule has 1 amide bonds. The van der Waals surface area contributed by atoms with Gasteiger partial charge in [0.25, 0.3) is 0 Å². The van der Waals surface area contributed by atoms with Crippen LogP contribution < -0.4 is 0 Å². The summed E-state index contributed by atoms with van der Waals surface area (Å²) in [6.45, 7) is 4.89. The Morgan fingerprint density at radius 1 is 1.25 bits per heavy atom. The first-order chi connectivity index (χ1) is 13.4. The first-order valence-electron chi connectivity index (χ1n) is 9.42. The summed E-state index contributed by atoms with van der Waals surface area (Å²) in [6.07, 6.45) is 0.793. The Labute approximate surface area is 169 Å². The Bertz CT molecular complexity index is 852. The third-order valence-corrected chi connectivity index (χ3v) is 4.96. The molecule has 6 heteroatoms. The predicted molar refractivity (Wildman–Crippen MR) is 109 cm³/mol. The molecule has 0 radical (unpaired) electrons. The van der Waals surface area contributed by atoms with Crippen molar-refractivity contribution in [1.82, 2.24) is 4.90 Å². The summed E-state index contributed by atoms with van der Waals surface area (Å²) in [4.78, 5) is 20.2. The highest BCUT2D eigenvalue weighted by molar-refractivity contribution is 6.31.